The van der Waals surface area contributed by atoms with Crippen LogP contribution in [0.3, 0.4) is 0 Å². The predicted molar refractivity (Wildman–Crippen MR) is 179 cm³/mol. The van der Waals surface area contributed by atoms with E-state index in [2.05, 4.69) is 58.8 Å². The zero-order valence-corrected chi connectivity index (χ0v) is 26.0. The van der Waals surface area contributed by atoms with Gasteiger partial charge in [0.15, 0.2) is 17.3 Å². The highest BCUT2D eigenvalue weighted by molar-refractivity contribution is 9.10. The molecule has 0 aliphatic rings. The van der Waals surface area contributed by atoms with Crippen molar-refractivity contribution in [3.05, 3.63) is 135 Å². The summed E-state index contributed by atoms with van der Waals surface area (Å²) in [5.41, 5.74) is 4.80. The van der Waals surface area contributed by atoms with E-state index in [1.54, 1.807) is 18.3 Å². The van der Waals surface area contributed by atoms with Crippen molar-refractivity contribution in [3.8, 4) is 23.1 Å². The molecule has 6 aromatic rings. The summed E-state index contributed by atoms with van der Waals surface area (Å²) < 4.78 is 20.7. The van der Waals surface area contributed by atoms with Crippen molar-refractivity contribution in [2.24, 2.45) is 5.10 Å². The van der Waals surface area contributed by atoms with Gasteiger partial charge < -0.3 is 13.9 Å². The van der Waals surface area contributed by atoms with Crippen molar-refractivity contribution in [2.75, 3.05) is 6.61 Å². The van der Waals surface area contributed by atoms with Gasteiger partial charge in [0.1, 0.15) is 12.2 Å². The Morgan fingerprint density at radius 1 is 1.02 bits per heavy atom. The van der Waals surface area contributed by atoms with Crippen LogP contribution in [0.2, 0.25) is 0 Å². The fourth-order valence-corrected chi connectivity index (χ4v) is 5.35. The Hall–Kier alpha value is -4.95. The molecule has 0 amide bonds. The largest absolute Gasteiger partial charge is 0.490 e. The first-order valence-corrected chi connectivity index (χ1v) is 15.1. The van der Waals surface area contributed by atoms with Gasteiger partial charge in [0.05, 0.1) is 23.7 Å². The molecule has 220 valence electrons. The van der Waals surface area contributed by atoms with Gasteiger partial charge in [-0.1, -0.05) is 64.0 Å². The van der Waals surface area contributed by atoms with E-state index in [1.807, 2.05) is 61.5 Å². The molecule has 4 aromatic carbocycles. The van der Waals surface area contributed by atoms with Crippen LogP contribution < -0.4 is 15.0 Å². The van der Waals surface area contributed by atoms with E-state index in [4.69, 9.17) is 18.9 Å². The number of allylic oxidation sites excluding steroid dienone is 1. The van der Waals surface area contributed by atoms with Crippen LogP contribution in [0.4, 0.5) is 0 Å². The number of ether oxygens (including phenoxy) is 2. The van der Waals surface area contributed by atoms with Crippen molar-refractivity contribution in [1.82, 2.24) is 9.66 Å². The van der Waals surface area contributed by atoms with E-state index in [0.29, 0.717) is 59.2 Å². The van der Waals surface area contributed by atoms with E-state index in [-0.39, 0.29) is 5.56 Å². The molecule has 6 rings (SSSR count). The molecular formula is C36H30BrN3O4. The molecule has 0 bridgehead atoms. The number of para-hydroxylation sites is 1. The number of aromatic nitrogens is 2. The van der Waals surface area contributed by atoms with Crippen LogP contribution in [-0.2, 0) is 13.0 Å². The number of hydrogen-bond acceptors (Lipinski definition) is 6. The van der Waals surface area contributed by atoms with Crippen LogP contribution in [0.25, 0.3) is 33.5 Å². The van der Waals surface area contributed by atoms with Gasteiger partial charge in [0.25, 0.3) is 5.56 Å². The first-order chi connectivity index (χ1) is 21.4. The minimum Gasteiger partial charge on any atom is -0.490 e. The van der Waals surface area contributed by atoms with Crippen molar-refractivity contribution < 1.29 is 13.9 Å². The van der Waals surface area contributed by atoms with Gasteiger partial charge in [-0.3, -0.25) is 4.79 Å². The Kier molecular flexibility index (Phi) is 8.43. The third kappa shape index (κ3) is 6.07. The fourth-order valence-electron chi connectivity index (χ4n) is 4.97. The highest BCUT2D eigenvalue weighted by Crippen LogP contribution is 2.35. The second-order valence-corrected chi connectivity index (χ2v) is 11.2. The number of benzene rings is 4. The van der Waals surface area contributed by atoms with Gasteiger partial charge >= 0.3 is 0 Å². The van der Waals surface area contributed by atoms with E-state index >= 15 is 0 Å². The Labute approximate surface area is 263 Å². The molecule has 2 heterocycles. The minimum absolute atomic E-state index is 0.298. The van der Waals surface area contributed by atoms with Crippen LogP contribution in [0.5, 0.6) is 11.5 Å². The summed E-state index contributed by atoms with van der Waals surface area (Å²) in [5, 5.41) is 5.98. The second-order valence-electron chi connectivity index (χ2n) is 10.3. The lowest BCUT2D eigenvalue weighted by Gasteiger charge is -2.17. The topological polar surface area (TPSA) is 78.9 Å². The third-order valence-corrected chi connectivity index (χ3v) is 7.59. The standard InChI is InChI=1S/C36H30BrN3O4/c1-4-8-26-17-25(18-32(42-5-2)34(26)43-22-24-13-11-23(3)12-14-24)21-38-40-35(39-30-10-7-6-9-29(30)36(40)41)33-20-27-19-28(37)15-16-31(27)44-33/h4,6-7,9-21H,1,5,8,22H2,2-3H3. The maximum atomic E-state index is 13.7. The highest BCUT2D eigenvalue weighted by Gasteiger charge is 2.18. The summed E-state index contributed by atoms with van der Waals surface area (Å²) in [4.78, 5) is 18.5. The van der Waals surface area contributed by atoms with Gasteiger partial charge in [-0.25, -0.2) is 4.98 Å². The lowest BCUT2D eigenvalue weighted by atomic mass is 10.1. The second kappa shape index (κ2) is 12.7. The molecule has 0 spiro atoms. The quantitative estimate of drug-likeness (QED) is 0.110. The van der Waals surface area contributed by atoms with Crippen LogP contribution >= 0.6 is 15.9 Å². The molecule has 0 atom stereocenters. The molecule has 0 aliphatic carbocycles. The molecule has 0 unspecified atom stereocenters. The smallest absolute Gasteiger partial charge is 0.282 e. The molecule has 0 N–H and O–H groups in total. The number of aryl methyl sites for hydroxylation is 1. The lowest BCUT2D eigenvalue weighted by molar-refractivity contribution is 0.267. The van der Waals surface area contributed by atoms with Crippen molar-refractivity contribution in [2.45, 2.75) is 26.9 Å². The van der Waals surface area contributed by atoms with Crippen LogP contribution in [0.1, 0.15) is 29.2 Å². The maximum Gasteiger partial charge on any atom is 0.282 e. The Morgan fingerprint density at radius 2 is 1.84 bits per heavy atom. The number of halogens is 1. The molecule has 0 aliphatic heterocycles. The summed E-state index contributed by atoms with van der Waals surface area (Å²) in [7, 11) is 0. The zero-order chi connectivity index (χ0) is 30.6. The number of fused-ring (bicyclic) bond motifs is 2. The predicted octanol–water partition coefficient (Wildman–Crippen LogP) is 8.47. The molecule has 2 aromatic heterocycles. The molecule has 44 heavy (non-hydrogen) atoms. The molecule has 0 radical (unpaired) electrons. The number of rotatable bonds is 10. The zero-order valence-electron chi connectivity index (χ0n) is 24.4. The van der Waals surface area contributed by atoms with E-state index in [1.165, 1.54) is 10.2 Å². The van der Waals surface area contributed by atoms with Gasteiger partial charge in [0.2, 0.25) is 5.82 Å². The lowest BCUT2D eigenvalue weighted by Crippen LogP contribution is -2.20. The summed E-state index contributed by atoms with van der Waals surface area (Å²) in [6, 6.07) is 26.9. The normalized spacial score (nSPS) is 11.4. The van der Waals surface area contributed by atoms with Crippen LogP contribution in [0, 0.1) is 6.92 Å². The maximum absolute atomic E-state index is 13.7. The fraction of sp³-hybridized carbons (Fsp3) is 0.139. The summed E-state index contributed by atoms with van der Waals surface area (Å²) >= 11 is 3.51. The SMILES string of the molecule is C=CCc1cc(C=Nn2c(-c3cc4cc(Br)ccc4o3)nc3ccccc3c2=O)cc(OCC)c1OCc1ccc(C)cc1. The van der Waals surface area contributed by atoms with Crippen molar-refractivity contribution in [3.63, 3.8) is 0 Å². The molecule has 0 fully saturated rings. The van der Waals surface area contributed by atoms with Gasteiger partial charge in [-0.2, -0.15) is 9.78 Å². The average Bonchev–Trinajstić information content (AvgIpc) is 3.44. The van der Waals surface area contributed by atoms with Crippen LogP contribution in [-0.4, -0.2) is 22.5 Å². The number of nitrogens with zero attached hydrogens (tertiary/aromatic N) is 3. The molecular weight excluding hydrogens is 618 g/mol. The summed E-state index contributed by atoms with van der Waals surface area (Å²) in [6.07, 6.45) is 4.00. The minimum atomic E-state index is -0.308. The Morgan fingerprint density at radius 3 is 2.64 bits per heavy atom. The first-order valence-electron chi connectivity index (χ1n) is 14.3. The number of furan rings is 1. The van der Waals surface area contributed by atoms with Gasteiger partial charge in [0, 0.05) is 15.4 Å². The van der Waals surface area contributed by atoms with Gasteiger partial charge in [-0.15, -0.1) is 6.58 Å². The third-order valence-electron chi connectivity index (χ3n) is 7.10. The monoisotopic (exact) mass is 647 g/mol. The summed E-state index contributed by atoms with van der Waals surface area (Å²) in [6.45, 7) is 8.77. The molecule has 0 saturated carbocycles. The van der Waals surface area contributed by atoms with Crippen molar-refractivity contribution in [1.29, 1.82) is 0 Å². The first kappa shape index (κ1) is 29.1. The molecule has 8 heteroatoms. The van der Waals surface area contributed by atoms with E-state index < -0.39 is 0 Å². The molecule has 0 saturated heterocycles. The van der Waals surface area contributed by atoms with Crippen molar-refractivity contribution >= 4 is 44.0 Å². The average molecular weight is 649 g/mol. The van der Waals surface area contributed by atoms with E-state index in [9.17, 15) is 4.79 Å². The van der Waals surface area contributed by atoms with Gasteiger partial charge in [-0.05, 0) is 79.9 Å². The molecule has 7 nitrogen and oxygen atoms in total. The Balaban J connectivity index is 1.43. The summed E-state index contributed by atoms with van der Waals surface area (Å²) in [5.74, 6) is 1.97. The van der Waals surface area contributed by atoms with Crippen LogP contribution in [0.15, 0.2) is 116 Å². The highest BCUT2D eigenvalue weighted by atomic mass is 79.9. The van der Waals surface area contributed by atoms with E-state index in [0.717, 1.165) is 26.5 Å². The Bertz CT molecular complexity index is 2080. The number of hydrogen-bond donors (Lipinski definition) is 0.